The second kappa shape index (κ2) is 5.18. The molecule has 1 aromatic carbocycles. The minimum atomic E-state index is -0.0863. The molecule has 0 saturated heterocycles. The van der Waals surface area contributed by atoms with E-state index in [1.54, 1.807) is 5.51 Å². The number of nitrogens with two attached hydrogens (primary N) is 1. The van der Waals surface area contributed by atoms with Gasteiger partial charge in [-0.15, -0.1) is 11.3 Å². The summed E-state index contributed by atoms with van der Waals surface area (Å²) in [6.45, 7) is 4.26. The van der Waals surface area contributed by atoms with Gasteiger partial charge in [0.15, 0.2) is 0 Å². The number of rotatable bonds is 3. The van der Waals surface area contributed by atoms with Crippen molar-refractivity contribution in [1.82, 2.24) is 10.3 Å². The van der Waals surface area contributed by atoms with Gasteiger partial charge in [-0.2, -0.15) is 0 Å². The highest BCUT2D eigenvalue weighted by Crippen LogP contribution is 2.16. The van der Waals surface area contributed by atoms with Crippen LogP contribution in [-0.2, 0) is 6.54 Å². The van der Waals surface area contributed by atoms with E-state index in [2.05, 4.69) is 10.3 Å². The van der Waals surface area contributed by atoms with Gasteiger partial charge in [0.1, 0.15) is 4.88 Å². The number of aromatic nitrogens is 1. The number of aryl methyl sites for hydroxylation is 1. The van der Waals surface area contributed by atoms with Crippen LogP contribution in [0.25, 0.3) is 0 Å². The molecule has 0 spiro atoms. The number of carbonyl (C=O) groups is 1. The van der Waals surface area contributed by atoms with Crippen LogP contribution in [0, 0.1) is 13.8 Å². The third-order valence-electron chi connectivity index (χ3n) is 2.88. The summed E-state index contributed by atoms with van der Waals surface area (Å²) < 4.78 is 0. The summed E-state index contributed by atoms with van der Waals surface area (Å²) in [7, 11) is 0. The standard InChI is InChI=1S/C13H15N3OS/c1-8-10(4-3-5-11(8)14)6-15-13(17)12-9(2)16-7-18-12/h3-5,7H,6,14H2,1-2H3,(H,15,17). The second-order valence-corrected chi connectivity index (χ2v) is 4.94. The molecule has 0 bridgehead atoms. The summed E-state index contributed by atoms with van der Waals surface area (Å²) in [5.74, 6) is -0.0863. The number of hydrogen-bond acceptors (Lipinski definition) is 4. The molecule has 1 heterocycles. The minimum Gasteiger partial charge on any atom is -0.399 e. The van der Waals surface area contributed by atoms with Crippen LogP contribution in [-0.4, -0.2) is 10.9 Å². The topological polar surface area (TPSA) is 68.0 Å². The van der Waals surface area contributed by atoms with Crippen molar-refractivity contribution in [3.63, 3.8) is 0 Å². The molecule has 0 fully saturated rings. The smallest absolute Gasteiger partial charge is 0.263 e. The zero-order valence-corrected chi connectivity index (χ0v) is 11.2. The van der Waals surface area contributed by atoms with Gasteiger partial charge >= 0.3 is 0 Å². The molecule has 4 nitrogen and oxygen atoms in total. The minimum absolute atomic E-state index is 0.0863. The molecule has 18 heavy (non-hydrogen) atoms. The average molecular weight is 261 g/mol. The molecule has 2 aromatic rings. The average Bonchev–Trinajstić information content (AvgIpc) is 2.77. The van der Waals surface area contributed by atoms with E-state index in [0.29, 0.717) is 11.4 Å². The number of nitrogens with zero attached hydrogens (tertiary/aromatic N) is 1. The van der Waals surface area contributed by atoms with Crippen molar-refractivity contribution in [2.75, 3.05) is 5.73 Å². The van der Waals surface area contributed by atoms with Crippen LogP contribution in [0.4, 0.5) is 5.69 Å². The number of amides is 1. The summed E-state index contributed by atoms with van der Waals surface area (Å²) in [5, 5.41) is 2.89. The maximum absolute atomic E-state index is 11.9. The Morgan fingerprint density at radius 1 is 1.44 bits per heavy atom. The molecule has 0 aliphatic rings. The number of benzene rings is 1. The molecule has 94 valence electrons. The number of carbonyl (C=O) groups excluding carboxylic acids is 1. The summed E-state index contributed by atoms with van der Waals surface area (Å²) in [6, 6.07) is 5.71. The van der Waals surface area contributed by atoms with E-state index in [9.17, 15) is 4.79 Å². The van der Waals surface area contributed by atoms with Crippen molar-refractivity contribution >= 4 is 22.9 Å². The Kier molecular flexibility index (Phi) is 3.62. The first kappa shape index (κ1) is 12.6. The zero-order valence-electron chi connectivity index (χ0n) is 10.4. The first-order chi connectivity index (χ1) is 8.59. The van der Waals surface area contributed by atoms with E-state index >= 15 is 0 Å². The predicted molar refractivity (Wildman–Crippen MR) is 73.6 cm³/mol. The fourth-order valence-electron chi connectivity index (χ4n) is 1.67. The lowest BCUT2D eigenvalue weighted by molar-refractivity contribution is 0.0954. The van der Waals surface area contributed by atoms with Gasteiger partial charge in [0.2, 0.25) is 0 Å². The Bertz CT molecular complexity index is 577. The fourth-order valence-corrected chi connectivity index (χ4v) is 2.39. The first-order valence-corrected chi connectivity index (χ1v) is 6.50. The van der Waals surface area contributed by atoms with Crippen LogP contribution in [0.3, 0.4) is 0 Å². The Labute approximate surface area is 110 Å². The highest BCUT2D eigenvalue weighted by molar-refractivity contribution is 7.11. The van der Waals surface area contributed by atoms with Crippen molar-refractivity contribution in [3.05, 3.63) is 45.4 Å². The molecule has 0 saturated carbocycles. The lowest BCUT2D eigenvalue weighted by atomic mass is 10.1. The molecule has 5 heteroatoms. The molecular formula is C13H15N3OS. The third kappa shape index (κ3) is 2.51. The quantitative estimate of drug-likeness (QED) is 0.833. The van der Waals surface area contributed by atoms with Crippen molar-refractivity contribution < 1.29 is 4.79 Å². The lowest BCUT2D eigenvalue weighted by Gasteiger charge is -2.09. The number of hydrogen-bond donors (Lipinski definition) is 2. The van der Waals surface area contributed by atoms with Crippen molar-refractivity contribution in [2.24, 2.45) is 0 Å². The van der Waals surface area contributed by atoms with Crippen LogP contribution in [0.2, 0.25) is 0 Å². The van der Waals surface area contributed by atoms with E-state index in [-0.39, 0.29) is 5.91 Å². The predicted octanol–water partition coefficient (Wildman–Crippen LogP) is 2.27. The molecule has 0 unspecified atom stereocenters. The van der Waals surface area contributed by atoms with Crippen LogP contribution in [0.5, 0.6) is 0 Å². The number of nitrogens with one attached hydrogen (secondary N) is 1. The van der Waals surface area contributed by atoms with Crippen LogP contribution in [0.1, 0.15) is 26.5 Å². The number of anilines is 1. The van der Waals surface area contributed by atoms with E-state index in [4.69, 9.17) is 5.73 Å². The van der Waals surface area contributed by atoms with Gasteiger partial charge in [-0.3, -0.25) is 4.79 Å². The maximum Gasteiger partial charge on any atom is 0.263 e. The Morgan fingerprint density at radius 2 is 2.22 bits per heavy atom. The fraction of sp³-hybridized carbons (Fsp3) is 0.231. The summed E-state index contributed by atoms with van der Waals surface area (Å²) in [5.41, 5.74) is 11.1. The molecule has 0 aliphatic carbocycles. The van der Waals surface area contributed by atoms with Gasteiger partial charge in [0, 0.05) is 12.2 Å². The molecule has 0 atom stereocenters. The summed E-state index contributed by atoms with van der Waals surface area (Å²) >= 11 is 1.35. The molecule has 1 amide bonds. The normalized spacial score (nSPS) is 10.3. The van der Waals surface area contributed by atoms with Gasteiger partial charge < -0.3 is 11.1 Å². The summed E-state index contributed by atoms with van der Waals surface area (Å²) in [4.78, 5) is 16.6. The van der Waals surface area contributed by atoms with E-state index in [1.165, 1.54) is 11.3 Å². The maximum atomic E-state index is 11.9. The van der Waals surface area contributed by atoms with Gasteiger partial charge in [-0.1, -0.05) is 12.1 Å². The summed E-state index contributed by atoms with van der Waals surface area (Å²) in [6.07, 6.45) is 0. The van der Waals surface area contributed by atoms with Crippen LogP contribution < -0.4 is 11.1 Å². The molecule has 0 aliphatic heterocycles. The second-order valence-electron chi connectivity index (χ2n) is 4.08. The van der Waals surface area contributed by atoms with Gasteiger partial charge in [-0.05, 0) is 31.0 Å². The Balaban J connectivity index is 2.06. The third-order valence-corrected chi connectivity index (χ3v) is 3.81. The monoisotopic (exact) mass is 261 g/mol. The van der Waals surface area contributed by atoms with Gasteiger partial charge in [0.25, 0.3) is 5.91 Å². The first-order valence-electron chi connectivity index (χ1n) is 5.62. The van der Waals surface area contributed by atoms with Crippen molar-refractivity contribution in [3.8, 4) is 0 Å². The molecule has 3 N–H and O–H groups in total. The van der Waals surface area contributed by atoms with Crippen LogP contribution >= 0.6 is 11.3 Å². The lowest BCUT2D eigenvalue weighted by Crippen LogP contribution is -2.23. The Hall–Kier alpha value is -1.88. The molecule has 0 radical (unpaired) electrons. The molecule has 2 rings (SSSR count). The molecule has 1 aromatic heterocycles. The number of nitrogen functional groups attached to an aromatic ring is 1. The van der Waals surface area contributed by atoms with E-state index in [0.717, 1.165) is 22.5 Å². The van der Waals surface area contributed by atoms with Crippen molar-refractivity contribution in [1.29, 1.82) is 0 Å². The highest BCUT2D eigenvalue weighted by Gasteiger charge is 2.11. The van der Waals surface area contributed by atoms with E-state index < -0.39 is 0 Å². The molecular weight excluding hydrogens is 246 g/mol. The highest BCUT2D eigenvalue weighted by atomic mass is 32.1. The van der Waals surface area contributed by atoms with Crippen molar-refractivity contribution in [2.45, 2.75) is 20.4 Å². The van der Waals surface area contributed by atoms with Gasteiger partial charge in [-0.25, -0.2) is 4.98 Å². The van der Waals surface area contributed by atoms with Crippen LogP contribution in [0.15, 0.2) is 23.7 Å². The number of thiazole rings is 1. The largest absolute Gasteiger partial charge is 0.399 e. The zero-order chi connectivity index (χ0) is 13.1. The van der Waals surface area contributed by atoms with Gasteiger partial charge in [0.05, 0.1) is 11.2 Å². The Morgan fingerprint density at radius 3 is 2.89 bits per heavy atom. The van der Waals surface area contributed by atoms with E-state index in [1.807, 2.05) is 32.0 Å². The SMILES string of the molecule is Cc1ncsc1C(=O)NCc1cccc(N)c1C.